The number of halogens is 4. The van der Waals surface area contributed by atoms with Gasteiger partial charge in [0, 0.05) is 40.3 Å². The van der Waals surface area contributed by atoms with Gasteiger partial charge in [-0.15, -0.1) is 0 Å². The molecule has 6 aliphatic heterocycles. The van der Waals surface area contributed by atoms with E-state index >= 15 is 17.6 Å². The van der Waals surface area contributed by atoms with E-state index in [1.165, 1.54) is 138 Å². The molecule has 0 aromatic heterocycles. The van der Waals surface area contributed by atoms with Gasteiger partial charge in [0.1, 0.15) is 80.6 Å². The third kappa shape index (κ3) is 8.85. The molecule has 0 saturated heterocycles. The van der Waals surface area contributed by atoms with Crippen molar-refractivity contribution in [2.75, 3.05) is 9.80 Å². The SMILES string of the molecule is Fc1cccc(F)c1N1c2cc3c(cc2B2c4ccccc4Oc4cc(C5CC6CCCCCC6C5)cc1c42)B1c2cc4c(cc2Oc2cc(C5CC6CCCCCC6C5)cc(c21)O3)N(c1c(F)cccc1F)c1cc(C2CC3CCCCCC3C2)cc2c1B4c1ccccc1O2. The summed E-state index contributed by atoms with van der Waals surface area (Å²) in [4.78, 5) is 3.70. The summed E-state index contributed by atoms with van der Waals surface area (Å²) in [5.74, 6) is 7.66. The van der Waals surface area contributed by atoms with Crippen LogP contribution in [0.1, 0.15) is 169 Å². The van der Waals surface area contributed by atoms with Crippen molar-refractivity contribution in [2.24, 2.45) is 35.5 Å². The minimum atomic E-state index is -0.662. The van der Waals surface area contributed by atoms with E-state index < -0.39 is 43.4 Å². The number of para-hydroxylation sites is 4. The van der Waals surface area contributed by atoms with Crippen molar-refractivity contribution in [2.45, 2.75) is 153 Å². The van der Waals surface area contributed by atoms with Gasteiger partial charge in [-0.2, -0.15) is 0 Å². The Balaban J connectivity index is 0.794. The maximum absolute atomic E-state index is 17.3. The first kappa shape index (κ1) is 57.7. The van der Waals surface area contributed by atoms with Crippen molar-refractivity contribution < 1.29 is 36.5 Å². The summed E-state index contributed by atoms with van der Waals surface area (Å²) in [7, 11) is 0. The Hall–Kier alpha value is -8.31. The van der Waals surface area contributed by atoms with Gasteiger partial charge in [-0.3, -0.25) is 0 Å². The fourth-order valence-corrected chi connectivity index (χ4v) is 22.1. The summed E-state index contributed by atoms with van der Waals surface area (Å²) in [6, 6.07) is 47.2. The number of fused-ring (bicyclic) bond motifs is 15. The van der Waals surface area contributed by atoms with Crippen LogP contribution in [0.2, 0.25) is 0 Å². The quantitative estimate of drug-likeness (QED) is 0.126. The van der Waals surface area contributed by atoms with E-state index in [0.29, 0.717) is 92.8 Å². The molecule has 12 aliphatic rings. The molecule has 13 heteroatoms. The predicted octanol–water partition coefficient (Wildman–Crippen LogP) is 17.0. The Labute approximate surface area is 566 Å². The van der Waals surface area contributed by atoms with Crippen molar-refractivity contribution in [3.8, 4) is 46.0 Å². The van der Waals surface area contributed by atoms with Gasteiger partial charge in [0.15, 0.2) is 0 Å². The number of anilines is 6. The largest absolute Gasteiger partial charge is 0.458 e. The molecule has 0 radical (unpaired) electrons. The minimum Gasteiger partial charge on any atom is -0.458 e. The molecule has 0 spiro atoms. The van der Waals surface area contributed by atoms with Crippen LogP contribution in [0.4, 0.5) is 51.7 Å². The standard InChI is InChI=1S/C84H75B3F4N2O4/c88-64-24-14-25-65(89)83(64)92-68-44-74-62(42-60(68)85-58-22-10-12-28-72(58)94-76-38-55(36-70(92)80(76)85)52-30-46-16-4-1-5-17-47(46)31-52)87-63-43-61-69(45-75(63)97-79-41-57(40-78(96-74)82(79)87)54-34-50-20-8-3-9-21-51(50)35-54)93(84-66(90)26-15-27-67(84)91)71-37-56(53-32-48-18-6-2-7-19-49(48)33-53)39-77-81(71)86(61)59-23-11-13-29-73(59)95-77/h10-15,22-29,36-54H,1-9,16-21,30-35H2. The van der Waals surface area contributed by atoms with Gasteiger partial charge in [-0.1, -0.05) is 157 Å². The van der Waals surface area contributed by atoms with Crippen LogP contribution in [0.5, 0.6) is 46.0 Å². The minimum absolute atomic E-state index is 0.143. The molecular formula is C84H75B3F4N2O4. The third-order valence-electron chi connectivity index (χ3n) is 26.4. The van der Waals surface area contributed by atoms with Crippen molar-refractivity contribution in [1.82, 2.24) is 0 Å². The van der Waals surface area contributed by atoms with Gasteiger partial charge >= 0.3 is 0 Å². The number of nitrogens with zero attached hydrogens (tertiary/aromatic N) is 2. The topological polar surface area (TPSA) is 43.4 Å². The average Bonchev–Trinajstić information content (AvgIpc) is 0.832. The fraction of sp³-hybridized carbons (Fsp3) is 0.357. The molecule has 6 unspecified atom stereocenters. The highest BCUT2D eigenvalue weighted by Crippen LogP contribution is 2.56. The van der Waals surface area contributed by atoms with E-state index in [9.17, 15) is 0 Å². The van der Waals surface area contributed by atoms with E-state index in [1.807, 2.05) is 21.9 Å². The van der Waals surface area contributed by atoms with Crippen molar-refractivity contribution in [3.63, 3.8) is 0 Å². The van der Waals surface area contributed by atoms with Gasteiger partial charge in [0.05, 0.1) is 0 Å². The first-order chi connectivity index (χ1) is 47.7. The van der Waals surface area contributed by atoms with Crippen LogP contribution in [0.3, 0.4) is 0 Å². The molecule has 0 N–H and O–H groups in total. The fourth-order valence-electron chi connectivity index (χ4n) is 22.1. The predicted molar refractivity (Wildman–Crippen MR) is 382 cm³/mol. The maximum atomic E-state index is 17.3. The molecule has 0 bridgehead atoms. The third-order valence-corrected chi connectivity index (χ3v) is 26.4. The Morgan fingerprint density at radius 2 is 0.598 bits per heavy atom. The van der Waals surface area contributed by atoms with Crippen molar-refractivity contribution in [3.05, 3.63) is 186 Å². The Bertz CT molecular complexity index is 4470. The zero-order chi connectivity index (χ0) is 64.1. The Kier molecular flexibility index (Phi) is 13.2. The van der Waals surface area contributed by atoms with Gasteiger partial charge in [0.2, 0.25) is 0 Å². The summed E-state index contributed by atoms with van der Waals surface area (Å²) in [6.45, 7) is -1.28. The van der Waals surface area contributed by atoms with E-state index in [2.05, 4.69) is 97.1 Å². The van der Waals surface area contributed by atoms with Gasteiger partial charge in [-0.25, -0.2) is 17.6 Å². The zero-order valence-electron chi connectivity index (χ0n) is 54.7. The van der Waals surface area contributed by atoms with Crippen LogP contribution in [-0.2, 0) is 0 Å². The molecule has 6 fully saturated rings. The van der Waals surface area contributed by atoms with Crippen LogP contribution in [-0.4, -0.2) is 20.1 Å². The highest BCUT2D eigenvalue weighted by Gasteiger charge is 2.52. The zero-order valence-corrected chi connectivity index (χ0v) is 54.7. The second-order valence-electron chi connectivity index (χ2n) is 31.3. The first-order valence-electron chi connectivity index (χ1n) is 37.0. The summed E-state index contributed by atoms with van der Waals surface area (Å²) >= 11 is 0. The molecule has 6 heterocycles. The summed E-state index contributed by atoms with van der Waals surface area (Å²) in [5.41, 5.74) is 14.0. The van der Waals surface area contributed by atoms with Gasteiger partial charge in [-0.05, 0) is 225 Å². The molecule has 0 amide bonds. The normalized spacial score (nSPS) is 25.4. The number of hydrogen-bond donors (Lipinski definition) is 0. The van der Waals surface area contributed by atoms with Gasteiger partial charge in [0.25, 0.3) is 20.1 Å². The van der Waals surface area contributed by atoms with Crippen LogP contribution in [0.25, 0.3) is 0 Å². The summed E-state index contributed by atoms with van der Waals surface area (Å²) in [5, 5.41) is 0. The second-order valence-corrected chi connectivity index (χ2v) is 31.3. The van der Waals surface area contributed by atoms with Crippen LogP contribution >= 0.6 is 0 Å². The number of rotatable bonds is 5. The van der Waals surface area contributed by atoms with Crippen molar-refractivity contribution in [1.29, 1.82) is 0 Å². The van der Waals surface area contributed by atoms with Crippen molar-refractivity contribution >= 4 is 103 Å². The Morgan fingerprint density at radius 3 is 0.969 bits per heavy atom. The lowest BCUT2D eigenvalue weighted by atomic mass is 9.30. The number of ether oxygens (including phenoxy) is 4. The van der Waals surface area contributed by atoms with E-state index in [4.69, 9.17) is 18.9 Å². The molecule has 6 nitrogen and oxygen atoms in total. The second kappa shape index (κ2) is 22.1. The monoisotopic (exact) mass is 1280 g/mol. The van der Waals surface area contributed by atoms with E-state index in [0.717, 1.165) is 110 Å². The smallest absolute Gasteiger partial charge is 0.260 e. The molecule has 97 heavy (non-hydrogen) atoms. The summed E-state index contributed by atoms with van der Waals surface area (Å²) in [6.07, 6.45) is 25.5. The molecule has 21 rings (SSSR count). The molecule has 6 atom stereocenters. The van der Waals surface area contributed by atoms with Gasteiger partial charge < -0.3 is 28.7 Å². The Morgan fingerprint density at radius 1 is 0.278 bits per heavy atom. The number of hydrogen-bond acceptors (Lipinski definition) is 6. The highest BCUT2D eigenvalue weighted by atomic mass is 19.1. The number of benzene rings is 9. The molecular weight excluding hydrogens is 1210 g/mol. The summed E-state index contributed by atoms with van der Waals surface area (Å²) < 4.78 is 98.7. The maximum Gasteiger partial charge on any atom is 0.260 e. The lowest BCUT2D eigenvalue weighted by molar-refractivity contribution is 0.367. The highest BCUT2D eigenvalue weighted by molar-refractivity contribution is 7.03. The van der Waals surface area contributed by atoms with E-state index in [1.54, 1.807) is 0 Å². The lowest BCUT2D eigenvalue weighted by Gasteiger charge is -2.43. The molecule has 9 aromatic carbocycles. The van der Waals surface area contributed by atoms with E-state index in [-0.39, 0.29) is 29.1 Å². The molecule has 482 valence electrons. The molecule has 9 aromatic rings. The lowest BCUT2D eigenvalue weighted by Crippen LogP contribution is -2.64. The first-order valence-corrected chi connectivity index (χ1v) is 37.0. The molecule has 6 saturated carbocycles. The molecule has 6 aliphatic carbocycles. The van der Waals surface area contributed by atoms with Crippen LogP contribution < -0.4 is 77.9 Å². The van der Waals surface area contributed by atoms with Crippen LogP contribution in [0.15, 0.2) is 146 Å². The average molecular weight is 1280 g/mol. The van der Waals surface area contributed by atoms with Crippen LogP contribution in [0, 0.1) is 58.8 Å².